The average molecular weight is 260 g/mol. The molecule has 0 radical (unpaired) electrons. The highest BCUT2D eigenvalue weighted by Crippen LogP contribution is 2.21. The molecule has 1 saturated heterocycles. The van der Waals surface area contributed by atoms with Crippen LogP contribution in [0.3, 0.4) is 0 Å². The molecule has 106 valence electrons. The molecule has 0 aliphatic carbocycles. The SMILES string of the molecule is CCNC(CN1CCCC1)c1ccc(C(C)C)cc1. The van der Waals surface area contributed by atoms with E-state index in [2.05, 4.69) is 55.3 Å². The Morgan fingerprint density at radius 3 is 2.16 bits per heavy atom. The van der Waals surface area contributed by atoms with Gasteiger partial charge < -0.3 is 10.2 Å². The Labute approximate surface area is 118 Å². The molecule has 0 bridgehead atoms. The van der Waals surface area contributed by atoms with Crippen LogP contribution in [0.4, 0.5) is 0 Å². The number of nitrogens with zero attached hydrogens (tertiary/aromatic N) is 1. The van der Waals surface area contributed by atoms with Crippen molar-refractivity contribution in [2.24, 2.45) is 0 Å². The van der Waals surface area contributed by atoms with Gasteiger partial charge in [0.2, 0.25) is 0 Å². The number of likely N-dealkylation sites (tertiary alicyclic amines) is 1. The molecule has 1 unspecified atom stereocenters. The summed E-state index contributed by atoms with van der Waals surface area (Å²) in [4.78, 5) is 2.59. The molecular formula is C17H28N2. The van der Waals surface area contributed by atoms with Crippen LogP contribution in [0.25, 0.3) is 0 Å². The van der Waals surface area contributed by atoms with E-state index in [0.717, 1.165) is 13.1 Å². The van der Waals surface area contributed by atoms with Crippen molar-refractivity contribution in [2.45, 2.75) is 45.6 Å². The number of hydrogen-bond donors (Lipinski definition) is 1. The molecule has 0 aromatic heterocycles. The molecule has 2 rings (SSSR count). The molecule has 1 N–H and O–H groups in total. The minimum Gasteiger partial charge on any atom is -0.309 e. The maximum atomic E-state index is 3.63. The molecule has 1 atom stereocenters. The van der Waals surface area contributed by atoms with Crippen LogP contribution in [-0.4, -0.2) is 31.1 Å². The maximum absolute atomic E-state index is 3.63. The summed E-state index contributed by atoms with van der Waals surface area (Å²) in [6.07, 6.45) is 2.73. The van der Waals surface area contributed by atoms with Crippen molar-refractivity contribution < 1.29 is 0 Å². The van der Waals surface area contributed by atoms with Crippen molar-refractivity contribution in [3.63, 3.8) is 0 Å². The van der Waals surface area contributed by atoms with Crippen LogP contribution >= 0.6 is 0 Å². The number of nitrogens with one attached hydrogen (secondary N) is 1. The van der Waals surface area contributed by atoms with Crippen molar-refractivity contribution in [3.8, 4) is 0 Å². The van der Waals surface area contributed by atoms with Crippen molar-refractivity contribution in [2.75, 3.05) is 26.2 Å². The Bertz CT molecular complexity index is 363. The standard InChI is InChI=1S/C17H28N2/c1-4-18-17(13-19-11-5-6-12-19)16-9-7-15(8-10-16)14(2)3/h7-10,14,17-18H,4-6,11-13H2,1-3H3. The van der Waals surface area contributed by atoms with E-state index in [4.69, 9.17) is 0 Å². The molecule has 2 heteroatoms. The van der Waals surface area contributed by atoms with Gasteiger partial charge in [0, 0.05) is 12.6 Å². The molecule has 1 heterocycles. The maximum Gasteiger partial charge on any atom is 0.0449 e. The van der Waals surface area contributed by atoms with Crippen LogP contribution in [0.1, 0.15) is 56.7 Å². The summed E-state index contributed by atoms with van der Waals surface area (Å²) in [5.74, 6) is 0.616. The molecule has 0 spiro atoms. The topological polar surface area (TPSA) is 15.3 Å². The second-order valence-corrected chi connectivity index (χ2v) is 5.94. The number of benzene rings is 1. The van der Waals surface area contributed by atoms with E-state index in [1.54, 1.807) is 0 Å². The second kappa shape index (κ2) is 7.06. The molecule has 2 nitrogen and oxygen atoms in total. The van der Waals surface area contributed by atoms with E-state index in [1.165, 1.54) is 37.1 Å². The fraction of sp³-hybridized carbons (Fsp3) is 0.647. The van der Waals surface area contributed by atoms with Gasteiger partial charge in [0.25, 0.3) is 0 Å². The molecule has 1 aromatic carbocycles. The third kappa shape index (κ3) is 4.05. The summed E-state index contributed by atoms with van der Waals surface area (Å²) in [6.45, 7) is 11.4. The quantitative estimate of drug-likeness (QED) is 0.841. The highest BCUT2D eigenvalue weighted by molar-refractivity contribution is 5.27. The van der Waals surface area contributed by atoms with Gasteiger partial charge in [-0.3, -0.25) is 0 Å². The van der Waals surface area contributed by atoms with Crippen LogP contribution in [0.5, 0.6) is 0 Å². The van der Waals surface area contributed by atoms with Gasteiger partial charge in [-0.1, -0.05) is 45.0 Å². The van der Waals surface area contributed by atoms with Crippen molar-refractivity contribution in [3.05, 3.63) is 35.4 Å². The largest absolute Gasteiger partial charge is 0.309 e. The second-order valence-electron chi connectivity index (χ2n) is 5.94. The summed E-state index contributed by atoms with van der Waals surface area (Å²) in [7, 11) is 0. The lowest BCUT2D eigenvalue weighted by Gasteiger charge is -2.25. The van der Waals surface area contributed by atoms with Gasteiger partial charge in [0.1, 0.15) is 0 Å². The monoisotopic (exact) mass is 260 g/mol. The highest BCUT2D eigenvalue weighted by Gasteiger charge is 2.18. The molecule has 0 amide bonds. The lowest BCUT2D eigenvalue weighted by molar-refractivity contribution is 0.294. The molecule has 1 aliphatic rings. The van der Waals surface area contributed by atoms with Gasteiger partial charge in [0.15, 0.2) is 0 Å². The van der Waals surface area contributed by atoms with Crippen molar-refractivity contribution >= 4 is 0 Å². The van der Waals surface area contributed by atoms with E-state index in [9.17, 15) is 0 Å². The normalized spacial score (nSPS) is 18.1. The first-order valence-corrected chi connectivity index (χ1v) is 7.76. The molecule has 1 aliphatic heterocycles. The molecule has 19 heavy (non-hydrogen) atoms. The van der Waals surface area contributed by atoms with E-state index < -0.39 is 0 Å². The van der Waals surface area contributed by atoms with Gasteiger partial charge in [-0.05, 0) is 49.5 Å². The van der Waals surface area contributed by atoms with E-state index >= 15 is 0 Å². The predicted molar refractivity (Wildman–Crippen MR) is 82.6 cm³/mol. The minimum atomic E-state index is 0.476. The molecule has 1 fully saturated rings. The first-order chi connectivity index (χ1) is 9.20. The van der Waals surface area contributed by atoms with Gasteiger partial charge in [0.05, 0.1) is 0 Å². The first kappa shape index (κ1) is 14.5. The van der Waals surface area contributed by atoms with Gasteiger partial charge in [-0.15, -0.1) is 0 Å². The number of rotatable bonds is 6. The molecule has 0 saturated carbocycles. The summed E-state index contributed by atoms with van der Waals surface area (Å²) >= 11 is 0. The summed E-state index contributed by atoms with van der Waals surface area (Å²) in [5.41, 5.74) is 2.86. The van der Waals surface area contributed by atoms with E-state index in [-0.39, 0.29) is 0 Å². The zero-order valence-corrected chi connectivity index (χ0v) is 12.7. The predicted octanol–water partition coefficient (Wildman–Crippen LogP) is 3.56. The molecule has 1 aromatic rings. The number of hydrogen-bond acceptors (Lipinski definition) is 2. The van der Waals surface area contributed by atoms with Crippen molar-refractivity contribution in [1.82, 2.24) is 10.2 Å². The first-order valence-electron chi connectivity index (χ1n) is 7.76. The number of likely N-dealkylation sites (N-methyl/N-ethyl adjacent to an activating group) is 1. The Kier molecular flexibility index (Phi) is 5.41. The Morgan fingerprint density at radius 2 is 1.63 bits per heavy atom. The lowest BCUT2D eigenvalue weighted by Crippen LogP contribution is -2.33. The Balaban J connectivity index is 2.04. The van der Waals surface area contributed by atoms with E-state index in [1.807, 2.05) is 0 Å². The summed E-state index contributed by atoms with van der Waals surface area (Å²) < 4.78 is 0. The Morgan fingerprint density at radius 1 is 1.05 bits per heavy atom. The highest BCUT2D eigenvalue weighted by atomic mass is 15.2. The third-order valence-electron chi connectivity index (χ3n) is 4.10. The van der Waals surface area contributed by atoms with Gasteiger partial charge >= 0.3 is 0 Å². The van der Waals surface area contributed by atoms with Crippen LogP contribution in [-0.2, 0) is 0 Å². The zero-order chi connectivity index (χ0) is 13.7. The summed E-state index contributed by atoms with van der Waals surface area (Å²) in [5, 5.41) is 3.63. The van der Waals surface area contributed by atoms with Gasteiger partial charge in [-0.2, -0.15) is 0 Å². The van der Waals surface area contributed by atoms with Crippen LogP contribution in [0.2, 0.25) is 0 Å². The lowest BCUT2D eigenvalue weighted by atomic mass is 9.99. The molecular weight excluding hydrogens is 232 g/mol. The van der Waals surface area contributed by atoms with Crippen LogP contribution < -0.4 is 5.32 Å². The van der Waals surface area contributed by atoms with Crippen LogP contribution in [0, 0.1) is 0 Å². The summed E-state index contributed by atoms with van der Waals surface area (Å²) in [6, 6.07) is 9.66. The Hall–Kier alpha value is -0.860. The minimum absolute atomic E-state index is 0.476. The third-order valence-corrected chi connectivity index (χ3v) is 4.10. The van der Waals surface area contributed by atoms with Crippen molar-refractivity contribution in [1.29, 1.82) is 0 Å². The average Bonchev–Trinajstić information content (AvgIpc) is 2.91. The van der Waals surface area contributed by atoms with Gasteiger partial charge in [-0.25, -0.2) is 0 Å². The smallest absolute Gasteiger partial charge is 0.0449 e. The van der Waals surface area contributed by atoms with E-state index in [0.29, 0.717) is 12.0 Å². The fourth-order valence-electron chi connectivity index (χ4n) is 2.87. The fourth-order valence-corrected chi connectivity index (χ4v) is 2.87. The zero-order valence-electron chi connectivity index (χ0n) is 12.7. The van der Waals surface area contributed by atoms with Crippen LogP contribution in [0.15, 0.2) is 24.3 Å².